The van der Waals surface area contributed by atoms with Gasteiger partial charge in [-0.05, 0) is 41.8 Å². The standard InChI is InChI=1S/C17H19NO2/c1-20-17-9-7-15(8-10-17)12-18-16(13-19)11-14-5-3-2-4-6-14/h2-10,12,16,19H,11,13H2,1H3/t16-/m1/s1. The number of aliphatic hydroxyl groups is 1. The van der Waals surface area contributed by atoms with Crippen LogP contribution in [0.5, 0.6) is 5.75 Å². The molecular weight excluding hydrogens is 250 g/mol. The third-order valence-electron chi connectivity index (χ3n) is 3.08. The second kappa shape index (κ2) is 7.46. The van der Waals surface area contributed by atoms with E-state index in [1.54, 1.807) is 13.3 Å². The molecule has 0 aliphatic rings. The van der Waals surface area contributed by atoms with Crippen LogP contribution in [0.4, 0.5) is 0 Å². The van der Waals surface area contributed by atoms with Gasteiger partial charge in [0.25, 0.3) is 0 Å². The maximum atomic E-state index is 9.41. The van der Waals surface area contributed by atoms with E-state index in [-0.39, 0.29) is 12.6 Å². The average Bonchev–Trinajstić information content (AvgIpc) is 2.53. The second-order valence-corrected chi connectivity index (χ2v) is 4.58. The molecule has 0 saturated heterocycles. The SMILES string of the molecule is COc1ccc(C=N[C@@H](CO)Cc2ccccc2)cc1. The topological polar surface area (TPSA) is 41.8 Å². The van der Waals surface area contributed by atoms with E-state index in [1.807, 2.05) is 54.6 Å². The summed E-state index contributed by atoms with van der Waals surface area (Å²) >= 11 is 0. The van der Waals surface area contributed by atoms with Crippen molar-refractivity contribution in [3.05, 3.63) is 65.7 Å². The number of methoxy groups -OCH3 is 1. The minimum absolute atomic E-state index is 0.0432. The van der Waals surface area contributed by atoms with Gasteiger partial charge in [0, 0.05) is 6.21 Å². The molecule has 3 nitrogen and oxygen atoms in total. The maximum Gasteiger partial charge on any atom is 0.118 e. The summed E-state index contributed by atoms with van der Waals surface area (Å²) in [7, 11) is 1.64. The van der Waals surface area contributed by atoms with Gasteiger partial charge in [-0.1, -0.05) is 30.3 Å². The van der Waals surface area contributed by atoms with Gasteiger partial charge in [0.2, 0.25) is 0 Å². The molecule has 1 N–H and O–H groups in total. The maximum absolute atomic E-state index is 9.41. The van der Waals surface area contributed by atoms with Gasteiger partial charge >= 0.3 is 0 Å². The third kappa shape index (κ3) is 4.21. The Hall–Kier alpha value is -2.13. The van der Waals surface area contributed by atoms with Gasteiger partial charge in [0.15, 0.2) is 0 Å². The summed E-state index contributed by atoms with van der Waals surface area (Å²) in [6.07, 6.45) is 2.53. The third-order valence-corrected chi connectivity index (χ3v) is 3.08. The lowest BCUT2D eigenvalue weighted by Crippen LogP contribution is -2.14. The van der Waals surface area contributed by atoms with Crippen LogP contribution in [0.15, 0.2) is 59.6 Å². The molecule has 0 radical (unpaired) electrons. The van der Waals surface area contributed by atoms with E-state index in [0.717, 1.165) is 17.7 Å². The Morgan fingerprint density at radius 2 is 1.80 bits per heavy atom. The molecule has 104 valence electrons. The highest BCUT2D eigenvalue weighted by Crippen LogP contribution is 2.10. The van der Waals surface area contributed by atoms with E-state index < -0.39 is 0 Å². The van der Waals surface area contributed by atoms with Gasteiger partial charge in [-0.25, -0.2) is 0 Å². The van der Waals surface area contributed by atoms with E-state index in [0.29, 0.717) is 0 Å². The van der Waals surface area contributed by atoms with Crippen LogP contribution < -0.4 is 4.74 Å². The van der Waals surface area contributed by atoms with Gasteiger partial charge in [0.05, 0.1) is 19.8 Å². The molecule has 0 amide bonds. The fourth-order valence-electron chi connectivity index (χ4n) is 1.93. The van der Waals surface area contributed by atoms with Gasteiger partial charge in [-0.2, -0.15) is 0 Å². The lowest BCUT2D eigenvalue weighted by molar-refractivity contribution is 0.266. The smallest absolute Gasteiger partial charge is 0.118 e. The lowest BCUT2D eigenvalue weighted by Gasteiger charge is -2.09. The fourth-order valence-corrected chi connectivity index (χ4v) is 1.93. The second-order valence-electron chi connectivity index (χ2n) is 4.58. The molecule has 2 aromatic carbocycles. The van der Waals surface area contributed by atoms with Gasteiger partial charge in [-0.3, -0.25) is 4.99 Å². The van der Waals surface area contributed by atoms with Crippen molar-refractivity contribution in [1.29, 1.82) is 0 Å². The van der Waals surface area contributed by atoms with Crippen LogP contribution in [0.3, 0.4) is 0 Å². The zero-order chi connectivity index (χ0) is 14.2. The molecular formula is C17H19NO2. The van der Waals surface area contributed by atoms with Crippen LogP contribution in [-0.4, -0.2) is 31.1 Å². The molecule has 0 heterocycles. The number of ether oxygens (including phenoxy) is 1. The average molecular weight is 269 g/mol. The first-order valence-electron chi connectivity index (χ1n) is 6.64. The molecule has 0 bridgehead atoms. The summed E-state index contributed by atoms with van der Waals surface area (Å²) in [4.78, 5) is 4.45. The first kappa shape index (κ1) is 14.3. The number of aliphatic imine (C=N–C) groups is 1. The van der Waals surface area contributed by atoms with Crippen LogP contribution >= 0.6 is 0 Å². The largest absolute Gasteiger partial charge is 0.497 e. The zero-order valence-electron chi connectivity index (χ0n) is 11.6. The number of aliphatic hydroxyl groups excluding tert-OH is 1. The number of hydrogen-bond donors (Lipinski definition) is 1. The molecule has 2 aromatic rings. The van der Waals surface area contributed by atoms with Crippen LogP contribution in [0.2, 0.25) is 0 Å². The fraction of sp³-hybridized carbons (Fsp3) is 0.235. The molecule has 2 rings (SSSR count). The molecule has 0 spiro atoms. The first-order chi connectivity index (χ1) is 9.81. The monoisotopic (exact) mass is 269 g/mol. The normalized spacial score (nSPS) is 12.5. The lowest BCUT2D eigenvalue weighted by atomic mass is 10.1. The molecule has 0 saturated carbocycles. The van der Waals surface area contributed by atoms with E-state index in [9.17, 15) is 5.11 Å². The number of hydrogen-bond acceptors (Lipinski definition) is 3. The molecule has 1 atom stereocenters. The van der Waals surface area contributed by atoms with Crippen molar-refractivity contribution in [2.75, 3.05) is 13.7 Å². The number of benzene rings is 2. The van der Waals surface area contributed by atoms with Crippen LogP contribution in [-0.2, 0) is 6.42 Å². The Balaban J connectivity index is 1.99. The highest BCUT2D eigenvalue weighted by Gasteiger charge is 2.05. The van der Waals surface area contributed by atoms with Gasteiger partial charge in [-0.15, -0.1) is 0 Å². The van der Waals surface area contributed by atoms with Crippen molar-refractivity contribution in [1.82, 2.24) is 0 Å². The Kier molecular flexibility index (Phi) is 5.33. The highest BCUT2D eigenvalue weighted by molar-refractivity contribution is 5.79. The van der Waals surface area contributed by atoms with Crippen molar-refractivity contribution in [2.45, 2.75) is 12.5 Å². The van der Waals surface area contributed by atoms with Crippen molar-refractivity contribution >= 4 is 6.21 Å². The highest BCUT2D eigenvalue weighted by atomic mass is 16.5. The van der Waals surface area contributed by atoms with E-state index in [4.69, 9.17) is 4.74 Å². The molecule has 0 aliphatic carbocycles. The van der Waals surface area contributed by atoms with Crippen molar-refractivity contribution in [3.8, 4) is 5.75 Å². The minimum Gasteiger partial charge on any atom is -0.497 e. The van der Waals surface area contributed by atoms with E-state index >= 15 is 0 Å². The molecule has 0 aromatic heterocycles. The minimum atomic E-state index is -0.112. The zero-order valence-corrected chi connectivity index (χ0v) is 11.6. The van der Waals surface area contributed by atoms with Crippen molar-refractivity contribution in [2.24, 2.45) is 4.99 Å². The Labute approximate surface area is 119 Å². The molecule has 20 heavy (non-hydrogen) atoms. The first-order valence-corrected chi connectivity index (χ1v) is 6.64. The predicted molar refractivity (Wildman–Crippen MR) is 81.6 cm³/mol. The van der Waals surface area contributed by atoms with Crippen molar-refractivity contribution < 1.29 is 9.84 Å². The Morgan fingerprint density at radius 1 is 1.10 bits per heavy atom. The van der Waals surface area contributed by atoms with Gasteiger partial charge in [0.1, 0.15) is 5.75 Å². The van der Waals surface area contributed by atoms with E-state index in [2.05, 4.69) is 4.99 Å². The molecule has 3 heteroatoms. The summed E-state index contributed by atoms with van der Waals surface area (Å²) < 4.78 is 5.11. The number of nitrogens with zero attached hydrogens (tertiary/aromatic N) is 1. The Morgan fingerprint density at radius 3 is 2.40 bits per heavy atom. The molecule has 0 aliphatic heterocycles. The van der Waals surface area contributed by atoms with E-state index in [1.165, 1.54) is 5.56 Å². The summed E-state index contributed by atoms with van der Waals surface area (Å²) in [5, 5.41) is 9.41. The molecule has 0 fully saturated rings. The number of rotatable bonds is 6. The summed E-state index contributed by atoms with van der Waals surface area (Å²) in [6, 6.07) is 17.6. The van der Waals surface area contributed by atoms with Gasteiger partial charge < -0.3 is 9.84 Å². The molecule has 0 unspecified atom stereocenters. The quantitative estimate of drug-likeness (QED) is 0.819. The predicted octanol–water partition coefficient (Wildman–Crippen LogP) is 2.72. The summed E-state index contributed by atoms with van der Waals surface area (Å²) in [6.45, 7) is 0.0432. The van der Waals surface area contributed by atoms with Crippen LogP contribution in [0.25, 0.3) is 0 Å². The van der Waals surface area contributed by atoms with Crippen molar-refractivity contribution in [3.63, 3.8) is 0 Å². The summed E-state index contributed by atoms with van der Waals surface area (Å²) in [5.41, 5.74) is 2.18. The summed E-state index contributed by atoms with van der Waals surface area (Å²) in [5.74, 6) is 0.824. The van der Waals surface area contributed by atoms with Crippen LogP contribution in [0.1, 0.15) is 11.1 Å². The Bertz CT molecular complexity index is 535. The van der Waals surface area contributed by atoms with Crippen LogP contribution in [0, 0.1) is 0 Å².